The fraction of sp³-hybridized carbons (Fsp3) is 0.182. The number of carbonyl (C=O) groups is 1. The second-order valence-electron chi connectivity index (χ2n) is 6.99. The third-order valence-electron chi connectivity index (χ3n) is 4.69. The average Bonchev–Trinajstić information content (AvgIpc) is 2.80. The number of benzene rings is 2. The number of ether oxygens (including phenoxy) is 2. The molecule has 2 N–H and O–H groups in total. The first kappa shape index (κ1) is 24.9. The van der Waals surface area contributed by atoms with Crippen molar-refractivity contribution in [3.05, 3.63) is 76.2 Å². The van der Waals surface area contributed by atoms with Gasteiger partial charge < -0.3 is 19.1 Å². The van der Waals surface area contributed by atoms with Crippen LogP contribution in [0.1, 0.15) is 10.4 Å². The number of sulfonamides is 1. The Morgan fingerprint density at radius 1 is 1.12 bits per heavy atom. The predicted octanol–water partition coefficient (Wildman–Crippen LogP) is 2.29. The highest BCUT2D eigenvalue weighted by Gasteiger charge is 2.25. The number of nitrogens with zero attached hydrogens (tertiary/aromatic N) is 1. The molecule has 3 rings (SSSR count). The van der Waals surface area contributed by atoms with E-state index in [1.54, 1.807) is 12.1 Å². The number of aliphatic hydroxyl groups excluding tert-OH is 1. The number of halogens is 2. The van der Waals surface area contributed by atoms with Crippen LogP contribution < -0.4 is 15.0 Å². The molecule has 0 aliphatic carbocycles. The van der Waals surface area contributed by atoms with E-state index in [-0.39, 0.29) is 35.7 Å². The van der Waals surface area contributed by atoms with Gasteiger partial charge in [-0.3, -0.25) is 9.52 Å². The van der Waals surface area contributed by atoms with Gasteiger partial charge in [-0.25, -0.2) is 22.0 Å². The third-order valence-corrected chi connectivity index (χ3v) is 6.05. The number of esters is 1. The quantitative estimate of drug-likeness (QED) is 0.461. The molecule has 0 fully saturated rings. The lowest BCUT2D eigenvalue weighted by Gasteiger charge is -2.15. The van der Waals surface area contributed by atoms with E-state index < -0.39 is 43.8 Å². The molecule has 0 saturated carbocycles. The van der Waals surface area contributed by atoms with E-state index in [1.807, 2.05) is 4.72 Å². The van der Waals surface area contributed by atoms with Gasteiger partial charge in [0.15, 0.2) is 4.90 Å². The van der Waals surface area contributed by atoms with Gasteiger partial charge in [0.25, 0.3) is 15.6 Å². The van der Waals surface area contributed by atoms with Crippen LogP contribution in [-0.4, -0.2) is 44.4 Å². The summed E-state index contributed by atoms with van der Waals surface area (Å²) in [6, 6.07) is 8.34. The first-order valence-electron chi connectivity index (χ1n) is 9.73. The normalized spacial score (nSPS) is 11.2. The summed E-state index contributed by atoms with van der Waals surface area (Å²) >= 11 is 0. The van der Waals surface area contributed by atoms with Gasteiger partial charge in [0.2, 0.25) is 0 Å². The Kier molecular flexibility index (Phi) is 7.32. The lowest BCUT2D eigenvalue weighted by atomic mass is 10.0. The first-order chi connectivity index (χ1) is 16.1. The zero-order chi connectivity index (χ0) is 25.0. The van der Waals surface area contributed by atoms with Crippen LogP contribution in [0.15, 0.2) is 58.4 Å². The molecule has 180 valence electrons. The standard InChI is InChI=1S/C22H20F2N2O7S/c1-26-12-13(22(29)32-2)9-20(21(26)28)34(30,31)25-18-10-15(16(23)11-17(18)24)14-5-3-4-6-19(14)33-8-7-27/h3-6,9-12,25,27H,7-8H2,1-2H3. The molecule has 0 unspecified atom stereocenters. The van der Waals surface area contributed by atoms with E-state index in [2.05, 4.69) is 4.74 Å². The summed E-state index contributed by atoms with van der Waals surface area (Å²) in [4.78, 5) is 23.4. The molecule has 0 radical (unpaired) electrons. The number of hydrogen-bond acceptors (Lipinski definition) is 7. The molecule has 9 nitrogen and oxygen atoms in total. The summed E-state index contributed by atoms with van der Waals surface area (Å²) < 4.78 is 67.8. The molecule has 1 heterocycles. The van der Waals surface area contributed by atoms with Crippen LogP contribution in [0.5, 0.6) is 5.75 Å². The van der Waals surface area contributed by atoms with Crippen LogP contribution in [0.25, 0.3) is 11.1 Å². The number of aliphatic hydroxyl groups is 1. The van der Waals surface area contributed by atoms with Crippen molar-refractivity contribution in [1.29, 1.82) is 0 Å². The van der Waals surface area contributed by atoms with E-state index in [1.165, 1.54) is 19.2 Å². The molecule has 1 aromatic heterocycles. The second-order valence-corrected chi connectivity index (χ2v) is 8.64. The molecule has 3 aromatic rings. The van der Waals surface area contributed by atoms with Gasteiger partial charge in [0.05, 0.1) is 25.0 Å². The van der Waals surface area contributed by atoms with Crippen LogP contribution in [0, 0.1) is 11.6 Å². The van der Waals surface area contributed by atoms with Gasteiger partial charge in [-0.2, -0.15) is 0 Å². The SMILES string of the molecule is COC(=O)c1cc(S(=O)(=O)Nc2cc(-c3ccccc3OCCO)c(F)cc2F)c(=O)n(C)c1. The van der Waals surface area contributed by atoms with Crippen LogP contribution in [0.3, 0.4) is 0 Å². The summed E-state index contributed by atoms with van der Waals surface area (Å²) in [6.07, 6.45) is 1.09. The maximum atomic E-state index is 14.6. The number of carbonyl (C=O) groups excluding carboxylic acids is 1. The van der Waals surface area contributed by atoms with E-state index >= 15 is 0 Å². The Balaban J connectivity index is 2.09. The van der Waals surface area contributed by atoms with Gasteiger partial charge in [0, 0.05) is 30.4 Å². The molecule has 0 amide bonds. The summed E-state index contributed by atoms with van der Waals surface area (Å²) in [6.45, 7) is -0.385. The molecule has 0 aliphatic rings. The minimum atomic E-state index is -4.71. The van der Waals surface area contributed by atoms with Crippen molar-refractivity contribution in [1.82, 2.24) is 4.57 Å². The lowest BCUT2D eigenvalue weighted by Crippen LogP contribution is -2.28. The molecule has 0 saturated heterocycles. The Hall–Kier alpha value is -3.77. The topological polar surface area (TPSA) is 124 Å². The molecular weight excluding hydrogens is 474 g/mol. The number of pyridine rings is 1. The van der Waals surface area contributed by atoms with Gasteiger partial charge >= 0.3 is 5.97 Å². The van der Waals surface area contributed by atoms with Crippen molar-refractivity contribution >= 4 is 21.7 Å². The molecule has 34 heavy (non-hydrogen) atoms. The maximum Gasteiger partial charge on any atom is 0.339 e. The van der Waals surface area contributed by atoms with Crippen molar-refractivity contribution in [2.75, 3.05) is 25.0 Å². The van der Waals surface area contributed by atoms with Crippen LogP contribution >= 0.6 is 0 Å². The summed E-state index contributed by atoms with van der Waals surface area (Å²) in [7, 11) is -2.40. The largest absolute Gasteiger partial charge is 0.491 e. The molecule has 0 bridgehead atoms. The predicted molar refractivity (Wildman–Crippen MR) is 118 cm³/mol. The third kappa shape index (κ3) is 5.07. The van der Waals surface area contributed by atoms with Gasteiger partial charge in [-0.05, 0) is 18.2 Å². The number of nitrogens with one attached hydrogen (secondary N) is 1. The Labute approximate surface area is 193 Å². The van der Waals surface area contributed by atoms with Crippen molar-refractivity contribution in [3.8, 4) is 16.9 Å². The number of rotatable bonds is 8. The number of methoxy groups -OCH3 is 1. The van der Waals surface area contributed by atoms with E-state index in [0.717, 1.165) is 30.0 Å². The Morgan fingerprint density at radius 3 is 2.50 bits per heavy atom. The Bertz CT molecular complexity index is 1400. The minimum absolute atomic E-state index is 0.0842. The van der Waals surface area contributed by atoms with Crippen molar-refractivity contribution < 1.29 is 36.6 Å². The molecule has 0 atom stereocenters. The fourth-order valence-electron chi connectivity index (χ4n) is 3.11. The van der Waals surface area contributed by atoms with Gasteiger partial charge in [-0.1, -0.05) is 18.2 Å². The highest BCUT2D eigenvalue weighted by Crippen LogP contribution is 2.35. The van der Waals surface area contributed by atoms with E-state index in [4.69, 9.17) is 9.84 Å². The summed E-state index contributed by atoms with van der Waals surface area (Å²) in [5, 5.41) is 8.99. The van der Waals surface area contributed by atoms with E-state index in [9.17, 15) is 26.8 Å². The second kappa shape index (κ2) is 10.0. The van der Waals surface area contributed by atoms with Gasteiger partial charge in [-0.15, -0.1) is 0 Å². The minimum Gasteiger partial charge on any atom is -0.491 e. The number of anilines is 1. The zero-order valence-corrected chi connectivity index (χ0v) is 18.9. The van der Waals surface area contributed by atoms with Crippen molar-refractivity contribution in [2.24, 2.45) is 7.05 Å². The number of para-hydroxylation sites is 1. The lowest BCUT2D eigenvalue weighted by molar-refractivity contribution is 0.0599. The van der Waals surface area contributed by atoms with E-state index in [0.29, 0.717) is 6.07 Å². The zero-order valence-electron chi connectivity index (χ0n) is 18.0. The molecule has 0 aliphatic heterocycles. The molecule has 12 heteroatoms. The molecular formula is C22H20F2N2O7S. The van der Waals surface area contributed by atoms with Crippen LogP contribution in [-0.2, 0) is 21.8 Å². The Morgan fingerprint density at radius 2 is 1.82 bits per heavy atom. The van der Waals surface area contributed by atoms with Crippen molar-refractivity contribution in [2.45, 2.75) is 4.90 Å². The number of aromatic nitrogens is 1. The van der Waals surface area contributed by atoms with Crippen LogP contribution in [0.4, 0.5) is 14.5 Å². The maximum absolute atomic E-state index is 14.6. The average molecular weight is 494 g/mol. The smallest absolute Gasteiger partial charge is 0.339 e. The van der Waals surface area contributed by atoms with Crippen molar-refractivity contribution in [3.63, 3.8) is 0 Å². The highest BCUT2D eigenvalue weighted by molar-refractivity contribution is 7.92. The summed E-state index contributed by atoms with van der Waals surface area (Å²) in [5.41, 5.74) is -1.86. The number of aryl methyl sites for hydroxylation is 1. The first-order valence-corrected chi connectivity index (χ1v) is 11.2. The molecule has 0 spiro atoms. The number of hydrogen-bond donors (Lipinski definition) is 2. The van der Waals surface area contributed by atoms with Gasteiger partial charge in [0.1, 0.15) is 24.0 Å². The highest BCUT2D eigenvalue weighted by atomic mass is 32.2. The fourth-order valence-corrected chi connectivity index (χ4v) is 4.32. The monoisotopic (exact) mass is 494 g/mol. The van der Waals surface area contributed by atoms with Crippen LogP contribution in [0.2, 0.25) is 0 Å². The summed E-state index contributed by atoms with van der Waals surface area (Å²) in [5.74, 6) is -2.94. The molecule has 2 aromatic carbocycles.